The zero-order valence-corrected chi connectivity index (χ0v) is 13.9. The number of piperazine rings is 1. The van der Waals surface area contributed by atoms with Crippen LogP contribution in [0.15, 0.2) is 24.3 Å². The normalized spacial score (nSPS) is 16.5. The summed E-state index contributed by atoms with van der Waals surface area (Å²) in [6.07, 6.45) is 2.23. The summed E-state index contributed by atoms with van der Waals surface area (Å²) in [6.45, 7) is 6.53. The molecular formula is C15H23N3O3S. The van der Waals surface area contributed by atoms with Gasteiger partial charge in [-0.15, -0.1) is 0 Å². The zero-order valence-electron chi connectivity index (χ0n) is 13.1. The van der Waals surface area contributed by atoms with Crippen LogP contribution in [0.1, 0.15) is 23.7 Å². The van der Waals surface area contributed by atoms with E-state index in [9.17, 15) is 13.2 Å². The van der Waals surface area contributed by atoms with Crippen LogP contribution in [0.5, 0.6) is 0 Å². The Morgan fingerprint density at radius 1 is 1.14 bits per heavy atom. The monoisotopic (exact) mass is 325 g/mol. The van der Waals surface area contributed by atoms with E-state index in [-0.39, 0.29) is 5.91 Å². The van der Waals surface area contributed by atoms with Crippen LogP contribution < -0.4 is 4.72 Å². The molecule has 1 N–H and O–H groups in total. The first-order valence-corrected chi connectivity index (χ1v) is 9.37. The highest BCUT2D eigenvalue weighted by Gasteiger charge is 2.21. The first-order chi connectivity index (χ1) is 10.4. The molecule has 7 heteroatoms. The highest BCUT2D eigenvalue weighted by molar-refractivity contribution is 7.92. The van der Waals surface area contributed by atoms with Crippen LogP contribution in [0.4, 0.5) is 5.69 Å². The maximum absolute atomic E-state index is 12.4. The molecule has 0 unspecified atom stereocenters. The smallest absolute Gasteiger partial charge is 0.253 e. The molecule has 2 rings (SSSR count). The molecule has 1 heterocycles. The molecule has 22 heavy (non-hydrogen) atoms. The predicted octanol–water partition coefficient (Wildman–Crippen LogP) is 1.23. The third-order valence-electron chi connectivity index (χ3n) is 3.63. The number of amides is 1. The Hall–Kier alpha value is -1.60. The van der Waals surface area contributed by atoms with Crippen molar-refractivity contribution in [1.29, 1.82) is 0 Å². The molecule has 6 nitrogen and oxygen atoms in total. The lowest BCUT2D eigenvalue weighted by Crippen LogP contribution is -2.48. The van der Waals surface area contributed by atoms with Crippen LogP contribution in [-0.2, 0) is 10.0 Å². The summed E-state index contributed by atoms with van der Waals surface area (Å²) < 4.78 is 24.7. The topological polar surface area (TPSA) is 69.7 Å². The molecule has 1 aliphatic rings. The lowest BCUT2D eigenvalue weighted by Gasteiger charge is -2.34. The van der Waals surface area contributed by atoms with E-state index in [1.54, 1.807) is 24.3 Å². The summed E-state index contributed by atoms with van der Waals surface area (Å²) in [5.74, 6) is 0.00190. The van der Waals surface area contributed by atoms with Gasteiger partial charge in [0.1, 0.15) is 0 Å². The molecule has 1 amide bonds. The Morgan fingerprint density at radius 3 is 2.23 bits per heavy atom. The van der Waals surface area contributed by atoms with Crippen LogP contribution >= 0.6 is 0 Å². The average molecular weight is 325 g/mol. The number of sulfonamides is 1. The van der Waals surface area contributed by atoms with E-state index in [0.29, 0.717) is 11.3 Å². The summed E-state index contributed by atoms with van der Waals surface area (Å²) in [5, 5.41) is 0. The number of benzene rings is 1. The molecule has 0 aliphatic carbocycles. The van der Waals surface area contributed by atoms with Gasteiger partial charge in [-0.3, -0.25) is 14.4 Å². The Kier molecular flexibility index (Phi) is 5.42. The van der Waals surface area contributed by atoms with Gasteiger partial charge in [0.25, 0.3) is 5.91 Å². The third kappa shape index (κ3) is 4.71. The fourth-order valence-electron chi connectivity index (χ4n) is 2.57. The van der Waals surface area contributed by atoms with Gasteiger partial charge >= 0.3 is 0 Å². The molecule has 0 radical (unpaired) electrons. The van der Waals surface area contributed by atoms with Crippen LogP contribution in [0.3, 0.4) is 0 Å². The minimum atomic E-state index is -3.29. The van der Waals surface area contributed by atoms with Gasteiger partial charge in [0.15, 0.2) is 0 Å². The maximum atomic E-state index is 12.4. The van der Waals surface area contributed by atoms with Gasteiger partial charge in [0.2, 0.25) is 10.0 Å². The molecule has 1 saturated heterocycles. The van der Waals surface area contributed by atoms with E-state index in [1.807, 2.05) is 4.90 Å². The molecule has 0 bridgehead atoms. The Morgan fingerprint density at radius 2 is 1.73 bits per heavy atom. The second kappa shape index (κ2) is 7.11. The Balaban J connectivity index is 1.96. The largest absolute Gasteiger partial charge is 0.336 e. The molecule has 0 atom stereocenters. The van der Waals surface area contributed by atoms with Crippen molar-refractivity contribution < 1.29 is 13.2 Å². The van der Waals surface area contributed by atoms with Gasteiger partial charge in [0, 0.05) is 37.4 Å². The van der Waals surface area contributed by atoms with Crippen molar-refractivity contribution in [2.45, 2.75) is 13.3 Å². The number of rotatable bonds is 5. The molecule has 0 spiro atoms. The van der Waals surface area contributed by atoms with E-state index in [2.05, 4.69) is 16.5 Å². The van der Waals surface area contributed by atoms with Gasteiger partial charge in [-0.2, -0.15) is 0 Å². The minimum Gasteiger partial charge on any atom is -0.336 e. The number of nitrogens with zero attached hydrogens (tertiary/aromatic N) is 2. The number of hydrogen-bond acceptors (Lipinski definition) is 4. The molecular weight excluding hydrogens is 302 g/mol. The van der Waals surface area contributed by atoms with E-state index in [4.69, 9.17) is 0 Å². The van der Waals surface area contributed by atoms with Crippen LogP contribution in [-0.4, -0.2) is 63.1 Å². The van der Waals surface area contributed by atoms with Crippen LogP contribution in [0.25, 0.3) is 0 Å². The molecule has 1 aromatic rings. The van der Waals surface area contributed by atoms with Crippen LogP contribution in [0.2, 0.25) is 0 Å². The van der Waals surface area contributed by atoms with Crippen molar-refractivity contribution in [3.63, 3.8) is 0 Å². The van der Waals surface area contributed by atoms with E-state index < -0.39 is 10.0 Å². The Labute approximate surface area is 132 Å². The molecule has 1 aromatic carbocycles. The fraction of sp³-hybridized carbons (Fsp3) is 0.533. The first kappa shape index (κ1) is 16.8. The summed E-state index contributed by atoms with van der Waals surface area (Å²) in [6, 6.07) is 6.55. The highest BCUT2D eigenvalue weighted by Crippen LogP contribution is 2.14. The SMILES string of the molecule is CCCN1CCN(C(=O)c2ccc(NS(C)(=O)=O)cc2)CC1. The number of carbonyl (C=O) groups excluding carboxylic acids is 1. The van der Waals surface area contributed by atoms with Gasteiger partial charge < -0.3 is 4.90 Å². The molecule has 0 aromatic heterocycles. The second-order valence-electron chi connectivity index (χ2n) is 5.59. The number of anilines is 1. The van der Waals surface area contributed by atoms with Crippen molar-refractivity contribution in [2.75, 3.05) is 43.7 Å². The second-order valence-corrected chi connectivity index (χ2v) is 7.33. The van der Waals surface area contributed by atoms with E-state index in [0.717, 1.165) is 45.4 Å². The molecule has 1 aliphatic heterocycles. The zero-order chi connectivity index (χ0) is 16.2. The molecule has 1 fully saturated rings. The summed E-state index contributed by atoms with van der Waals surface area (Å²) >= 11 is 0. The number of nitrogens with one attached hydrogen (secondary N) is 1. The minimum absolute atomic E-state index is 0.00190. The van der Waals surface area contributed by atoms with Gasteiger partial charge in [-0.25, -0.2) is 8.42 Å². The molecule has 122 valence electrons. The van der Waals surface area contributed by atoms with Crippen molar-refractivity contribution in [2.24, 2.45) is 0 Å². The summed E-state index contributed by atoms with van der Waals surface area (Å²) in [7, 11) is -3.29. The third-order valence-corrected chi connectivity index (χ3v) is 4.24. The van der Waals surface area contributed by atoms with Crippen molar-refractivity contribution in [3.05, 3.63) is 29.8 Å². The Bertz CT molecular complexity index is 605. The van der Waals surface area contributed by atoms with E-state index >= 15 is 0 Å². The van der Waals surface area contributed by atoms with Crippen molar-refractivity contribution >= 4 is 21.6 Å². The maximum Gasteiger partial charge on any atom is 0.253 e. The van der Waals surface area contributed by atoms with Gasteiger partial charge in [-0.1, -0.05) is 6.92 Å². The fourth-order valence-corrected chi connectivity index (χ4v) is 3.13. The standard InChI is InChI=1S/C15H23N3O3S/c1-3-8-17-9-11-18(12-10-17)15(19)13-4-6-14(7-5-13)16-22(2,20)21/h4-7,16H,3,8-12H2,1-2H3. The highest BCUT2D eigenvalue weighted by atomic mass is 32.2. The van der Waals surface area contributed by atoms with Crippen LogP contribution in [0, 0.1) is 0 Å². The first-order valence-electron chi connectivity index (χ1n) is 7.48. The van der Waals surface area contributed by atoms with Gasteiger partial charge in [0.05, 0.1) is 6.26 Å². The lowest BCUT2D eigenvalue weighted by molar-refractivity contribution is 0.0637. The molecule has 0 saturated carbocycles. The number of carbonyl (C=O) groups is 1. The predicted molar refractivity (Wildman–Crippen MR) is 87.5 cm³/mol. The summed E-state index contributed by atoms with van der Waals surface area (Å²) in [4.78, 5) is 16.6. The van der Waals surface area contributed by atoms with Crippen molar-refractivity contribution in [1.82, 2.24) is 9.80 Å². The number of hydrogen-bond donors (Lipinski definition) is 1. The van der Waals surface area contributed by atoms with Gasteiger partial charge in [-0.05, 0) is 37.2 Å². The summed E-state index contributed by atoms with van der Waals surface area (Å²) in [5.41, 5.74) is 1.05. The lowest BCUT2D eigenvalue weighted by atomic mass is 10.1. The van der Waals surface area contributed by atoms with Crippen molar-refractivity contribution in [3.8, 4) is 0 Å². The van der Waals surface area contributed by atoms with E-state index in [1.165, 1.54) is 0 Å². The quantitative estimate of drug-likeness (QED) is 0.884. The average Bonchev–Trinajstić information content (AvgIpc) is 2.47.